The van der Waals surface area contributed by atoms with Crippen LogP contribution in [-0.2, 0) is 10.0 Å². The molecule has 0 amide bonds. The lowest BCUT2D eigenvalue weighted by Crippen LogP contribution is -2.33. The van der Waals surface area contributed by atoms with Gasteiger partial charge in [-0.3, -0.25) is 0 Å². The fourth-order valence-corrected chi connectivity index (χ4v) is 4.23. The molecule has 1 N–H and O–H groups in total. The van der Waals surface area contributed by atoms with Gasteiger partial charge < -0.3 is 0 Å². The Kier molecular flexibility index (Phi) is 4.08. The summed E-state index contributed by atoms with van der Waals surface area (Å²) >= 11 is 3.08. The maximum Gasteiger partial charge on any atom is 0.241 e. The molecule has 0 heterocycles. The fourth-order valence-electron chi connectivity index (χ4n) is 1.92. The van der Waals surface area contributed by atoms with E-state index in [2.05, 4.69) is 20.7 Å². The molecule has 1 fully saturated rings. The Bertz CT molecular complexity index is 543. The molecule has 0 radical (unpaired) electrons. The van der Waals surface area contributed by atoms with Gasteiger partial charge in [0.25, 0.3) is 0 Å². The number of hydrogen-bond donors (Lipinski definition) is 1. The van der Waals surface area contributed by atoms with Crippen LogP contribution < -0.4 is 4.72 Å². The van der Waals surface area contributed by atoms with E-state index in [1.807, 2.05) is 6.92 Å². The van der Waals surface area contributed by atoms with Crippen LogP contribution in [0, 0.1) is 11.7 Å². The van der Waals surface area contributed by atoms with Crippen molar-refractivity contribution < 1.29 is 12.8 Å². The summed E-state index contributed by atoms with van der Waals surface area (Å²) in [4.78, 5) is 0.0755. The molecule has 1 aromatic rings. The molecule has 18 heavy (non-hydrogen) atoms. The van der Waals surface area contributed by atoms with Gasteiger partial charge >= 0.3 is 0 Å². The molecule has 1 aliphatic rings. The molecule has 1 atom stereocenters. The summed E-state index contributed by atoms with van der Waals surface area (Å²) < 4.78 is 40.0. The minimum atomic E-state index is -3.59. The molecule has 0 aromatic heterocycles. The quantitative estimate of drug-likeness (QED) is 0.898. The number of sulfonamides is 1. The van der Waals surface area contributed by atoms with Crippen molar-refractivity contribution in [1.29, 1.82) is 0 Å². The monoisotopic (exact) mass is 335 g/mol. The highest BCUT2D eigenvalue weighted by atomic mass is 79.9. The van der Waals surface area contributed by atoms with E-state index in [-0.39, 0.29) is 15.4 Å². The van der Waals surface area contributed by atoms with E-state index in [9.17, 15) is 12.8 Å². The van der Waals surface area contributed by atoms with Gasteiger partial charge in [-0.1, -0.05) is 12.8 Å². The fraction of sp³-hybridized carbons (Fsp3) is 0.500. The lowest BCUT2D eigenvalue weighted by atomic mass is 10.2. The summed E-state index contributed by atoms with van der Waals surface area (Å²) in [5, 5.41) is 0. The smallest absolute Gasteiger partial charge is 0.208 e. The molecule has 1 aromatic carbocycles. The third kappa shape index (κ3) is 3.52. The summed E-state index contributed by atoms with van der Waals surface area (Å²) in [5.74, 6) is 0.186. The number of nitrogens with one attached hydrogen (secondary N) is 1. The maximum atomic E-state index is 12.9. The zero-order valence-corrected chi connectivity index (χ0v) is 12.4. The van der Waals surface area contributed by atoms with Gasteiger partial charge in [0.15, 0.2) is 0 Å². The van der Waals surface area contributed by atoms with E-state index >= 15 is 0 Å². The van der Waals surface area contributed by atoms with Crippen molar-refractivity contribution in [1.82, 2.24) is 4.72 Å². The van der Waals surface area contributed by atoms with Crippen LogP contribution in [0.2, 0.25) is 0 Å². The third-order valence-corrected chi connectivity index (χ3v) is 5.49. The summed E-state index contributed by atoms with van der Waals surface area (Å²) in [6.45, 7) is 1.85. The second kappa shape index (κ2) is 5.27. The summed E-state index contributed by atoms with van der Waals surface area (Å²) in [6, 6.07) is 3.47. The molecular weight excluding hydrogens is 321 g/mol. The van der Waals surface area contributed by atoms with E-state index in [0.717, 1.165) is 18.6 Å². The average molecular weight is 336 g/mol. The Balaban J connectivity index is 2.13. The first-order valence-electron chi connectivity index (χ1n) is 5.86. The Hall–Kier alpha value is -0.460. The zero-order chi connectivity index (χ0) is 13.3. The molecule has 3 nitrogen and oxygen atoms in total. The van der Waals surface area contributed by atoms with Crippen LogP contribution in [0.5, 0.6) is 0 Å². The Labute approximate surface area is 115 Å². The number of benzene rings is 1. The van der Waals surface area contributed by atoms with Crippen molar-refractivity contribution in [3.63, 3.8) is 0 Å². The van der Waals surface area contributed by atoms with Crippen molar-refractivity contribution in [2.24, 2.45) is 5.92 Å². The molecule has 1 aliphatic carbocycles. The molecule has 1 unspecified atom stereocenters. The topological polar surface area (TPSA) is 46.2 Å². The second-order valence-electron chi connectivity index (χ2n) is 4.78. The van der Waals surface area contributed by atoms with Crippen molar-refractivity contribution in [3.05, 3.63) is 28.5 Å². The highest BCUT2D eigenvalue weighted by molar-refractivity contribution is 9.10. The van der Waals surface area contributed by atoms with Gasteiger partial charge in [0.05, 0.1) is 4.90 Å². The largest absolute Gasteiger partial charge is 0.241 e. The van der Waals surface area contributed by atoms with E-state index in [1.54, 1.807) is 0 Å². The predicted octanol–water partition coefficient (Wildman–Crippen LogP) is 3.06. The van der Waals surface area contributed by atoms with Gasteiger partial charge in [0.2, 0.25) is 10.0 Å². The zero-order valence-electron chi connectivity index (χ0n) is 9.99. The minimum Gasteiger partial charge on any atom is -0.208 e. The van der Waals surface area contributed by atoms with Crippen molar-refractivity contribution in [2.75, 3.05) is 0 Å². The SMILES string of the molecule is CC(CC1CC1)NS(=O)(=O)c1ccc(F)cc1Br. The van der Waals surface area contributed by atoms with Gasteiger partial charge in [-0.15, -0.1) is 0 Å². The normalized spacial score (nSPS) is 17.7. The average Bonchev–Trinajstić information content (AvgIpc) is 2.99. The van der Waals surface area contributed by atoms with Gasteiger partial charge in [-0.25, -0.2) is 17.5 Å². The van der Waals surface area contributed by atoms with Crippen LogP contribution in [0.3, 0.4) is 0 Å². The third-order valence-electron chi connectivity index (χ3n) is 2.92. The molecular formula is C12H15BrFNO2S. The Morgan fingerprint density at radius 1 is 1.50 bits per heavy atom. The number of hydrogen-bond acceptors (Lipinski definition) is 2. The first-order chi connectivity index (χ1) is 8.38. The van der Waals surface area contributed by atoms with Crippen molar-refractivity contribution >= 4 is 26.0 Å². The van der Waals surface area contributed by atoms with Gasteiger partial charge in [0.1, 0.15) is 5.82 Å². The van der Waals surface area contributed by atoms with Crippen LogP contribution in [0.4, 0.5) is 4.39 Å². The molecule has 0 aliphatic heterocycles. The molecule has 0 spiro atoms. The number of rotatable bonds is 5. The molecule has 6 heteroatoms. The standard InChI is InChI=1S/C12H15BrFNO2S/c1-8(6-9-2-3-9)15-18(16,17)12-5-4-10(14)7-11(12)13/h4-5,7-9,15H,2-3,6H2,1H3. The van der Waals surface area contributed by atoms with Crippen LogP contribution in [0.15, 0.2) is 27.6 Å². The maximum absolute atomic E-state index is 12.9. The minimum absolute atomic E-state index is 0.0755. The highest BCUT2D eigenvalue weighted by Crippen LogP contribution is 2.33. The van der Waals surface area contributed by atoms with E-state index in [4.69, 9.17) is 0 Å². The summed E-state index contributed by atoms with van der Waals surface area (Å²) in [6.07, 6.45) is 3.23. The molecule has 0 bridgehead atoms. The second-order valence-corrected chi connectivity index (χ2v) is 7.31. The molecule has 1 saturated carbocycles. The molecule has 2 rings (SSSR count). The van der Waals surface area contributed by atoms with Crippen molar-refractivity contribution in [3.8, 4) is 0 Å². The van der Waals surface area contributed by atoms with Crippen LogP contribution in [-0.4, -0.2) is 14.5 Å². The van der Waals surface area contributed by atoms with Crippen LogP contribution >= 0.6 is 15.9 Å². The molecule has 0 saturated heterocycles. The first kappa shape index (κ1) is 14.0. The van der Waals surface area contributed by atoms with E-state index < -0.39 is 15.8 Å². The van der Waals surface area contributed by atoms with Crippen molar-refractivity contribution in [2.45, 2.75) is 37.1 Å². The highest BCUT2D eigenvalue weighted by Gasteiger charge is 2.27. The summed E-state index contributed by atoms with van der Waals surface area (Å²) in [5.41, 5.74) is 0. The lowest BCUT2D eigenvalue weighted by Gasteiger charge is -2.14. The number of halogens is 2. The summed E-state index contributed by atoms with van der Waals surface area (Å²) in [7, 11) is -3.59. The van der Waals surface area contributed by atoms with Gasteiger partial charge in [0, 0.05) is 10.5 Å². The lowest BCUT2D eigenvalue weighted by molar-refractivity contribution is 0.529. The van der Waals surface area contributed by atoms with Crippen LogP contribution in [0.1, 0.15) is 26.2 Å². The van der Waals surface area contributed by atoms with Gasteiger partial charge in [-0.2, -0.15) is 0 Å². The van der Waals surface area contributed by atoms with E-state index in [1.165, 1.54) is 18.9 Å². The Morgan fingerprint density at radius 3 is 2.72 bits per heavy atom. The predicted molar refractivity (Wildman–Crippen MR) is 71.2 cm³/mol. The van der Waals surface area contributed by atoms with E-state index in [0.29, 0.717) is 5.92 Å². The molecule has 100 valence electrons. The van der Waals surface area contributed by atoms with Gasteiger partial charge in [-0.05, 0) is 53.4 Å². The van der Waals surface area contributed by atoms with Crippen LogP contribution in [0.25, 0.3) is 0 Å². The Morgan fingerprint density at radius 2 is 2.17 bits per heavy atom. The first-order valence-corrected chi connectivity index (χ1v) is 8.13.